The standard InChI is InChI=1S/C17H19NO6S/c1-3-23-15-10-9-14(11-16(15)24-4-2)25(21,22)18-13-7-5-12(6-8-13)17(19)20/h5-11,18H,3-4H2,1-2H3,(H,19,20)/p-1. The number of rotatable bonds is 8. The highest BCUT2D eigenvalue weighted by atomic mass is 32.2. The van der Waals surface area contributed by atoms with Gasteiger partial charge in [-0.25, -0.2) is 8.42 Å². The zero-order valence-electron chi connectivity index (χ0n) is 13.8. The van der Waals surface area contributed by atoms with Crippen LogP contribution in [0.4, 0.5) is 5.69 Å². The first kappa shape index (κ1) is 18.6. The van der Waals surface area contributed by atoms with E-state index < -0.39 is 16.0 Å². The predicted octanol–water partition coefficient (Wildman–Crippen LogP) is 1.65. The average Bonchev–Trinajstić information content (AvgIpc) is 2.57. The molecule has 2 rings (SSSR count). The Morgan fingerprint density at radius 2 is 1.60 bits per heavy atom. The van der Waals surface area contributed by atoms with Crippen molar-refractivity contribution in [2.75, 3.05) is 17.9 Å². The van der Waals surface area contributed by atoms with E-state index in [2.05, 4.69) is 4.72 Å². The molecule has 0 bridgehead atoms. The monoisotopic (exact) mass is 364 g/mol. The van der Waals surface area contributed by atoms with Crippen molar-refractivity contribution in [3.05, 3.63) is 48.0 Å². The van der Waals surface area contributed by atoms with Gasteiger partial charge in [-0.05, 0) is 43.7 Å². The van der Waals surface area contributed by atoms with E-state index in [1.54, 1.807) is 6.92 Å². The van der Waals surface area contributed by atoms with Gasteiger partial charge in [-0.2, -0.15) is 0 Å². The van der Waals surface area contributed by atoms with Gasteiger partial charge in [0.05, 0.1) is 24.1 Å². The second-order valence-electron chi connectivity index (χ2n) is 4.94. The van der Waals surface area contributed by atoms with Gasteiger partial charge in [-0.1, -0.05) is 12.1 Å². The lowest BCUT2D eigenvalue weighted by Crippen LogP contribution is -2.22. The van der Waals surface area contributed by atoms with E-state index in [4.69, 9.17) is 9.47 Å². The summed E-state index contributed by atoms with van der Waals surface area (Å²) in [5, 5.41) is 10.7. The second-order valence-corrected chi connectivity index (χ2v) is 6.63. The van der Waals surface area contributed by atoms with E-state index >= 15 is 0 Å². The molecule has 134 valence electrons. The number of hydrogen-bond donors (Lipinski definition) is 1. The van der Waals surface area contributed by atoms with Crippen molar-refractivity contribution in [3.8, 4) is 11.5 Å². The Balaban J connectivity index is 2.29. The van der Waals surface area contributed by atoms with Crippen molar-refractivity contribution in [1.82, 2.24) is 0 Å². The normalized spacial score (nSPS) is 11.0. The van der Waals surface area contributed by atoms with Crippen LogP contribution in [-0.4, -0.2) is 27.6 Å². The number of sulfonamides is 1. The largest absolute Gasteiger partial charge is 0.545 e. The summed E-state index contributed by atoms with van der Waals surface area (Å²) in [6, 6.07) is 9.54. The number of carboxylic acid groups (broad SMARTS) is 1. The Labute approximate surface area is 146 Å². The molecule has 0 aliphatic carbocycles. The molecule has 0 amide bonds. The van der Waals surface area contributed by atoms with E-state index in [9.17, 15) is 18.3 Å². The fourth-order valence-electron chi connectivity index (χ4n) is 2.09. The minimum Gasteiger partial charge on any atom is -0.545 e. The van der Waals surface area contributed by atoms with E-state index in [1.165, 1.54) is 42.5 Å². The summed E-state index contributed by atoms with van der Waals surface area (Å²) in [5.41, 5.74) is 0.194. The van der Waals surface area contributed by atoms with Crippen molar-refractivity contribution in [1.29, 1.82) is 0 Å². The first-order valence-electron chi connectivity index (χ1n) is 7.61. The van der Waals surface area contributed by atoms with Gasteiger partial charge in [-0.3, -0.25) is 4.72 Å². The Kier molecular flexibility index (Phi) is 5.87. The third-order valence-electron chi connectivity index (χ3n) is 3.20. The van der Waals surface area contributed by atoms with Crippen LogP contribution < -0.4 is 19.3 Å². The molecule has 0 atom stereocenters. The predicted molar refractivity (Wildman–Crippen MR) is 90.4 cm³/mol. The molecule has 7 nitrogen and oxygen atoms in total. The molecule has 0 unspecified atom stereocenters. The molecular formula is C17H18NO6S-. The number of carbonyl (C=O) groups excluding carboxylic acids is 1. The lowest BCUT2D eigenvalue weighted by Gasteiger charge is -2.13. The van der Waals surface area contributed by atoms with Gasteiger partial charge in [0.15, 0.2) is 11.5 Å². The highest BCUT2D eigenvalue weighted by Gasteiger charge is 2.17. The molecule has 25 heavy (non-hydrogen) atoms. The molecule has 0 saturated carbocycles. The summed E-state index contributed by atoms with van der Waals surface area (Å²) in [5.74, 6) is -0.539. The van der Waals surface area contributed by atoms with Crippen LogP contribution in [0, 0.1) is 0 Å². The molecule has 2 aromatic rings. The molecule has 1 N–H and O–H groups in total. The van der Waals surface area contributed by atoms with Gasteiger partial charge in [0.25, 0.3) is 10.0 Å². The third kappa shape index (κ3) is 4.63. The van der Waals surface area contributed by atoms with Crippen LogP contribution in [0.2, 0.25) is 0 Å². The average molecular weight is 364 g/mol. The molecule has 0 saturated heterocycles. The SMILES string of the molecule is CCOc1ccc(S(=O)(=O)Nc2ccc(C(=O)[O-])cc2)cc1OCC. The number of carbonyl (C=O) groups is 1. The summed E-state index contributed by atoms with van der Waals surface area (Å²) >= 11 is 0. The maximum Gasteiger partial charge on any atom is 0.262 e. The Bertz CT molecular complexity index is 846. The Morgan fingerprint density at radius 3 is 2.16 bits per heavy atom. The minimum absolute atomic E-state index is 0.00313. The van der Waals surface area contributed by atoms with Crippen molar-refractivity contribution in [2.45, 2.75) is 18.7 Å². The van der Waals surface area contributed by atoms with Crippen molar-refractivity contribution in [3.63, 3.8) is 0 Å². The van der Waals surface area contributed by atoms with E-state index in [0.717, 1.165) is 0 Å². The summed E-state index contributed by atoms with van der Waals surface area (Å²) in [6.07, 6.45) is 0. The molecule has 0 fully saturated rings. The van der Waals surface area contributed by atoms with Crippen molar-refractivity contribution in [2.24, 2.45) is 0 Å². The van der Waals surface area contributed by atoms with Crippen LogP contribution in [0.5, 0.6) is 11.5 Å². The molecule has 0 aliphatic rings. The number of carboxylic acids is 1. The molecule has 0 aliphatic heterocycles. The second kappa shape index (κ2) is 7.89. The van der Waals surface area contributed by atoms with Gasteiger partial charge in [0.1, 0.15) is 0 Å². The lowest BCUT2D eigenvalue weighted by molar-refractivity contribution is -0.255. The smallest absolute Gasteiger partial charge is 0.262 e. The van der Waals surface area contributed by atoms with Gasteiger partial charge < -0.3 is 19.4 Å². The lowest BCUT2D eigenvalue weighted by atomic mass is 10.2. The third-order valence-corrected chi connectivity index (χ3v) is 4.58. The summed E-state index contributed by atoms with van der Waals surface area (Å²) < 4.78 is 38.2. The van der Waals surface area contributed by atoms with Crippen LogP contribution >= 0.6 is 0 Å². The Morgan fingerprint density at radius 1 is 1.00 bits per heavy atom. The zero-order chi connectivity index (χ0) is 18.4. The molecule has 2 aromatic carbocycles. The zero-order valence-corrected chi connectivity index (χ0v) is 14.6. The number of hydrogen-bond acceptors (Lipinski definition) is 6. The molecule has 0 spiro atoms. The maximum atomic E-state index is 12.5. The molecule has 0 radical (unpaired) electrons. The topological polar surface area (TPSA) is 105 Å². The van der Waals surface area contributed by atoms with Crippen LogP contribution in [0.15, 0.2) is 47.4 Å². The minimum atomic E-state index is -3.87. The van der Waals surface area contributed by atoms with E-state index in [1.807, 2.05) is 6.92 Å². The van der Waals surface area contributed by atoms with Gasteiger partial charge >= 0.3 is 0 Å². The number of anilines is 1. The first-order chi connectivity index (χ1) is 11.9. The summed E-state index contributed by atoms with van der Waals surface area (Å²) in [6.45, 7) is 4.39. The van der Waals surface area contributed by atoms with Gasteiger partial charge in [0, 0.05) is 11.8 Å². The highest BCUT2D eigenvalue weighted by Crippen LogP contribution is 2.31. The summed E-state index contributed by atoms with van der Waals surface area (Å²) in [4.78, 5) is 10.7. The van der Waals surface area contributed by atoms with Gasteiger partial charge in [0.2, 0.25) is 0 Å². The fourth-order valence-corrected chi connectivity index (χ4v) is 3.16. The molecule has 8 heteroatoms. The van der Waals surface area contributed by atoms with Crippen LogP contribution in [-0.2, 0) is 10.0 Å². The van der Waals surface area contributed by atoms with Gasteiger partial charge in [-0.15, -0.1) is 0 Å². The van der Waals surface area contributed by atoms with Crippen molar-refractivity contribution < 1.29 is 27.8 Å². The van der Waals surface area contributed by atoms with E-state index in [-0.39, 0.29) is 16.1 Å². The number of ether oxygens (including phenoxy) is 2. The number of benzene rings is 2. The fraction of sp³-hybridized carbons (Fsp3) is 0.235. The molecule has 0 heterocycles. The first-order valence-corrected chi connectivity index (χ1v) is 9.09. The summed E-state index contributed by atoms with van der Waals surface area (Å²) in [7, 11) is -3.87. The number of aromatic carboxylic acids is 1. The molecule has 0 aromatic heterocycles. The van der Waals surface area contributed by atoms with Crippen molar-refractivity contribution >= 4 is 21.7 Å². The molecular weight excluding hydrogens is 346 g/mol. The highest BCUT2D eigenvalue weighted by molar-refractivity contribution is 7.92. The van der Waals surface area contributed by atoms with Crippen LogP contribution in [0.1, 0.15) is 24.2 Å². The van der Waals surface area contributed by atoms with Crippen LogP contribution in [0.25, 0.3) is 0 Å². The maximum absolute atomic E-state index is 12.5. The van der Waals surface area contributed by atoms with Crippen LogP contribution in [0.3, 0.4) is 0 Å². The number of nitrogens with one attached hydrogen (secondary N) is 1. The Hall–Kier alpha value is -2.74. The quantitative estimate of drug-likeness (QED) is 0.764. The van der Waals surface area contributed by atoms with E-state index in [0.29, 0.717) is 24.7 Å².